The Bertz CT molecular complexity index is 365. The van der Waals surface area contributed by atoms with Gasteiger partial charge < -0.3 is 4.90 Å². The number of hydrogen-bond donors (Lipinski definition) is 0. The maximum Gasteiger partial charge on any atom is 0.128 e. The lowest BCUT2D eigenvalue weighted by Crippen LogP contribution is -2.23. The van der Waals surface area contributed by atoms with Gasteiger partial charge in [0.25, 0.3) is 0 Å². The van der Waals surface area contributed by atoms with E-state index >= 15 is 0 Å². The van der Waals surface area contributed by atoms with E-state index in [1.54, 1.807) is 0 Å². The third-order valence-electron chi connectivity index (χ3n) is 2.53. The standard InChI is InChI=1S/C14H24N2S/c1-7-16(8-2)13-10-9-12(11(3)15-13)17-14(4,5)6/h9-10H,7-8H2,1-6H3. The van der Waals surface area contributed by atoms with Crippen LogP contribution in [0.5, 0.6) is 0 Å². The Morgan fingerprint density at radius 1 is 1.18 bits per heavy atom. The predicted molar refractivity (Wildman–Crippen MR) is 78.1 cm³/mol. The van der Waals surface area contributed by atoms with Gasteiger partial charge in [-0.15, -0.1) is 11.8 Å². The summed E-state index contributed by atoms with van der Waals surface area (Å²) in [6.45, 7) is 15.1. The van der Waals surface area contributed by atoms with E-state index in [1.165, 1.54) is 4.90 Å². The Morgan fingerprint density at radius 3 is 2.18 bits per heavy atom. The van der Waals surface area contributed by atoms with Crippen molar-refractivity contribution in [1.82, 2.24) is 4.98 Å². The first-order valence-corrected chi connectivity index (χ1v) is 7.10. The van der Waals surface area contributed by atoms with Gasteiger partial charge in [0.2, 0.25) is 0 Å². The Hall–Kier alpha value is -0.700. The van der Waals surface area contributed by atoms with Crippen LogP contribution in [0.1, 0.15) is 40.3 Å². The van der Waals surface area contributed by atoms with Gasteiger partial charge in [-0.2, -0.15) is 0 Å². The Kier molecular flexibility index (Phi) is 4.87. The van der Waals surface area contributed by atoms with Crippen molar-refractivity contribution in [1.29, 1.82) is 0 Å². The highest BCUT2D eigenvalue weighted by Crippen LogP contribution is 2.34. The Labute approximate surface area is 110 Å². The molecule has 0 aliphatic rings. The van der Waals surface area contributed by atoms with Crippen LogP contribution in [0.2, 0.25) is 0 Å². The highest BCUT2D eigenvalue weighted by atomic mass is 32.2. The SMILES string of the molecule is CCN(CC)c1ccc(SC(C)(C)C)c(C)n1. The summed E-state index contributed by atoms with van der Waals surface area (Å²) in [5, 5.41) is 0. The Morgan fingerprint density at radius 2 is 1.76 bits per heavy atom. The van der Waals surface area contributed by atoms with E-state index in [-0.39, 0.29) is 4.75 Å². The van der Waals surface area contributed by atoms with Crippen LogP contribution in [0.4, 0.5) is 5.82 Å². The fourth-order valence-electron chi connectivity index (χ4n) is 1.70. The first-order chi connectivity index (χ1) is 7.87. The number of hydrogen-bond acceptors (Lipinski definition) is 3. The van der Waals surface area contributed by atoms with Gasteiger partial charge in [-0.1, -0.05) is 20.8 Å². The molecule has 0 aliphatic heterocycles. The third-order valence-corrected chi connectivity index (χ3v) is 3.79. The molecule has 3 heteroatoms. The topological polar surface area (TPSA) is 16.1 Å². The highest BCUT2D eigenvalue weighted by molar-refractivity contribution is 8.00. The molecule has 0 radical (unpaired) electrons. The van der Waals surface area contributed by atoms with Crippen molar-refractivity contribution in [2.75, 3.05) is 18.0 Å². The van der Waals surface area contributed by atoms with Gasteiger partial charge in [0.05, 0.1) is 5.69 Å². The quantitative estimate of drug-likeness (QED) is 0.750. The molecule has 0 N–H and O–H groups in total. The van der Waals surface area contributed by atoms with Gasteiger partial charge in [0.1, 0.15) is 5.82 Å². The van der Waals surface area contributed by atoms with E-state index < -0.39 is 0 Å². The van der Waals surface area contributed by atoms with Crippen LogP contribution in [0.15, 0.2) is 17.0 Å². The molecule has 0 fully saturated rings. The van der Waals surface area contributed by atoms with Gasteiger partial charge in [-0.25, -0.2) is 4.98 Å². The second kappa shape index (κ2) is 5.76. The minimum absolute atomic E-state index is 0.239. The molecule has 0 amide bonds. The molecule has 1 aromatic rings. The van der Waals surface area contributed by atoms with Crippen molar-refractivity contribution < 1.29 is 0 Å². The molecular formula is C14H24N2S. The summed E-state index contributed by atoms with van der Waals surface area (Å²) in [5.41, 5.74) is 1.13. The van der Waals surface area contributed by atoms with Crippen molar-refractivity contribution in [3.63, 3.8) is 0 Å². The summed E-state index contributed by atoms with van der Waals surface area (Å²) >= 11 is 1.88. The number of thioether (sulfide) groups is 1. The van der Waals surface area contributed by atoms with E-state index in [4.69, 9.17) is 4.98 Å². The molecule has 1 aromatic heterocycles. The van der Waals surface area contributed by atoms with Crippen molar-refractivity contribution in [2.24, 2.45) is 0 Å². The molecule has 0 aliphatic carbocycles. The molecule has 96 valence electrons. The first kappa shape index (κ1) is 14.4. The molecule has 1 heterocycles. The van der Waals surface area contributed by atoms with Crippen LogP contribution in [-0.2, 0) is 0 Å². The molecule has 1 rings (SSSR count). The molecule has 0 atom stereocenters. The largest absolute Gasteiger partial charge is 0.357 e. The average Bonchev–Trinajstić information content (AvgIpc) is 2.22. The van der Waals surface area contributed by atoms with E-state index in [1.807, 2.05) is 11.8 Å². The molecule has 0 aromatic carbocycles. The van der Waals surface area contributed by atoms with Crippen LogP contribution < -0.4 is 4.90 Å². The van der Waals surface area contributed by atoms with Crippen molar-refractivity contribution in [2.45, 2.75) is 51.2 Å². The zero-order valence-corrected chi connectivity index (χ0v) is 12.7. The molecule has 0 bridgehead atoms. The molecule has 2 nitrogen and oxygen atoms in total. The summed E-state index contributed by atoms with van der Waals surface area (Å²) in [6, 6.07) is 4.33. The zero-order valence-electron chi connectivity index (χ0n) is 11.9. The van der Waals surface area contributed by atoms with Crippen molar-refractivity contribution in [3.8, 4) is 0 Å². The minimum Gasteiger partial charge on any atom is -0.357 e. The van der Waals surface area contributed by atoms with E-state index in [9.17, 15) is 0 Å². The number of pyridine rings is 1. The summed E-state index contributed by atoms with van der Waals surface area (Å²) in [4.78, 5) is 8.27. The van der Waals surface area contributed by atoms with Crippen LogP contribution >= 0.6 is 11.8 Å². The summed E-state index contributed by atoms with van der Waals surface area (Å²) in [7, 11) is 0. The summed E-state index contributed by atoms with van der Waals surface area (Å²) < 4.78 is 0.239. The lowest BCUT2D eigenvalue weighted by atomic mass is 10.3. The lowest BCUT2D eigenvalue weighted by Gasteiger charge is -2.22. The van der Waals surface area contributed by atoms with Crippen LogP contribution in [0.3, 0.4) is 0 Å². The number of nitrogens with zero attached hydrogens (tertiary/aromatic N) is 2. The molecule has 0 spiro atoms. The molecule has 0 saturated carbocycles. The van der Waals surface area contributed by atoms with E-state index in [0.717, 1.165) is 24.6 Å². The summed E-state index contributed by atoms with van der Waals surface area (Å²) in [5.74, 6) is 1.09. The van der Waals surface area contributed by atoms with Crippen molar-refractivity contribution >= 4 is 17.6 Å². The maximum atomic E-state index is 4.70. The van der Waals surface area contributed by atoms with E-state index in [0.29, 0.717) is 0 Å². The predicted octanol–water partition coefficient (Wildman–Crippen LogP) is 4.13. The number of rotatable bonds is 4. The number of anilines is 1. The highest BCUT2D eigenvalue weighted by Gasteiger charge is 2.15. The fraction of sp³-hybridized carbons (Fsp3) is 0.643. The molecular weight excluding hydrogens is 228 g/mol. The molecule has 0 saturated heterocycles. The lowest BCUT2D eigenvalue weighted by molar-refractivity contribution is 0.799. The van der Waals surface area contributed by atoms with Crippen LogP contribution in [0.25, 0.3) is 0 Å². The van der Waals surface area contributed by atoms with Gasteiger partial charge in [-0.05, 0) is 32.9 Å². The average molecular weight is 252 g/mol. The van der Waals surface area contributed by atoms with Crippen LogP contribution in [-0.4, -0.2) is 22.8 Å². The second-order valence-electron chi connectivity index (χ2n) is 5.14. The normalized spacial score (nSPS) is 11.6. The van der Waals surface area contributed by atoms with Gasteiger partial charge in [-0.3, -0.25) is 0 Å². The van der Waals surface area contributed by atoms with Gasteiger partial charge in [0, 0.05) is 22.7 Å². The molecule has 17 heavy (non-hydrogen) atoms. The second-order valence-corrected chi connectivity index (χ2v) is 7.01. The van der Waals surface area contributed by atoms with Crippen molar-refractivity contribution in [3.05, 3.63) is 17.8 Å². The van der Waals surface area contributed by atoms with E-state index in [2.05, 4.69) is 58.6 Å². The van der Waals surface area contributed by atoms with Crippen LogP contribution in [0, 0.1) is 6.92 Å². The number of aryl methyl sites for hydroxylation is 1. The third kappa shape index (κ3) is 4.23. The fourth-order valence-corrected chi connectivity index (χ4v) is 2.69. The maximum absolute atomic E-state index is 4.70. The minimum atomic E-state index is 0.239. The zero-order chi connectivity index (χ0) is 13.1. The van der Waals surface area contributed by atoms with Gasteiger partial charge >= 0.3 is 0 Å². The monoisotopic (exact) mass is 252 g/mol. The Balaban J connectivity index is 2.93. The number of aromatic nitrogens is 1. The summed E-state index contributed by atoms with van der Waals surface area (Å²) in [6.07, 6.45) is 0. The van der Waals surface area contributed by atoms with Gasteiger partial charge in [0.15, 0.2) is 0 Å². The first-order valence-electron chi connectivity index (χ1n) is 6.29. The smallest absolute Gasteiger partial charge is 0.128 e. The molecule has 0 unspecified atom stereocenters.